The Morgan fingerprint density at radius 2 is 1.70 bits per heavy atom. The van der Waals surface area contributed by atoms with E-state index < -0.39 is 5.97 Å². The molecule has 0 bridgehead atoms. The number of aliphatic carboxylic acids is 1. The molecule has 6 nitrogen and oxygen atoms in total. The van der Waals surface area contributed by atoms with E-state index >= 15 is 0 Å². The molecule has 1 fully saturated rings. The van der Waals surface area contributed by atoms with Crippen LogP contribution in [0.3, 0.4) is 0 Å². The number of para-hydroxylation sites is 2. The highest BCUT2D eigenvalue weighted by Crippen LogP contribution is 2.18. The van der Waals surface area contributed by atoms with Gasteiger partial charge in [0, 0.05) is 32.7 Å². The van der Waals surface area contributed by atoms with Crippen molar-refractivity contribution in [3.8, 4) is 0 Å². The first-order valence-electron chi connectivity index (χ1n) is 9.16. The second-order valence-electron chi connectivity index (χ2n) is 6.87. The molecule has 6 heteroatoms. The Bertz CT molecular complexity index is 952. The van der Waals surface area contributed by atoms with E-state index in [2.05, 4.69) is 20.9 Å². The third-order valence-electron chi connectivity index (χ3n) is 4.89. The van der Waals surface area contributed by atoms with Crippen LogP contribution in [0.5, 0.6) is 0 Å². The average Bonchev–Trinajstić information content (AvgIpc) is 2.68. The Labute approximate surface area is 158 Å². The summed E-state index contributed by atoms with van der Waals surface area (Å²) in [5, 5.41) is 8.96. The molecule has 1 saturated heterocycles. The van der Waals surface area contributed by atoms with Crippen LogP contribution in [0.2, 0.25) is 0 Å². The van der Waals surface area contributed by atoms with Crippen LogP contribution in [0.15, 0.2) is 54.7 Å². The molecule has 0 amide bonds. The van der Waals surface area contributed by atoms with Crippen LogP contribution in [0.25, 0.3) is 11.0 Å². The molecule has 0 spiro atoms. The van der Waals surface area contributed by atoms with Gasteiger partial charge in [0.15, 0.2) is 0 Å². The molecule has 2 heterocycles. The van der Waals surface area contributed by atoms with Gasteiger partial charge in [-0.05, 0) is 23.3 Å². The minimum absolute atomic E-state index is 0.0717. The van der Waals surface area contributed by atoms with Crippen molar-refractivity contribution in [3.05, 3.63) is 65.9 Å². The molecular formula is C21H22N4O2. The van der Waals surface area contributed by atoms with Gasteiger partial charge in [-0.2, -0.15) is 0 Å². The zero-order valence-electron chi connectivity index (χ0n) is 15.1. The summed E-state index contributed by atoms with van der Waals surface area (Å²) in [6, 6.07) is 15.8. The van der Waals surface area contributed by atoms with Crippen molar-refractivity contribution in [2.45, 2.75) is 13.0 Å². The third kappa shape index (κ3) is 4.23. The van der Waals surface area contributed by atoms with Gasteiger partial charge in [0.1, 0.15) is 5.82 Å². The Balaban J connectivity index is 1.38. The smallest absolute Gasteiger partial charge is 0.307 e. The monoisotopic (exact) mass is 362 g/mol. The summed E-state index contributed by atoms with van der Waals surface area (Å²) < 4.78 is 0. The van der Waals surface area contributed by atoms with E-state index in [1.807, 2.05) is 48.7 Å². The number of carboxylic acid groups (broad SMARTS) is 1. The molecule has 1 aromatic heterocycles. The van der Waals surface area contributed by atoms with Crippen molar-refractivity contribution in [1.29, 1.82) is 0 Å². The normalized spacial score (nSPS) is 15.2. The fourth-order valence-corrected chi connectivity index (χ4v) is 3.51. The maximum Gasteiger partial charge on any atom is 0.307 e. The van der Waals surface area contributed by atoms with E-state index in [1.54, 1.807) is 0 Å². The van der Waals surface area contributed by atoms with Gasteiger partial charge >= 0.3 is 5.97 Å². The number of benzene rings is 2. The first-order valence-corrected chi connectivity index (χ1v) is 9.16. The zero-order valence-corrected chi connectivity index (χ0v) is 15.1. The fourth-order valence-electron chi connectivity index (χ4n) is 3.51. The second-order valence-corrected chi connectivity index (χ2v) is 6.87. The minimum atomic E-state index is -0.794. The summed E-state index contributed by atoms with van der Waals surface area (Å²) >= 11 is 0. The molecule has 0 atom stereocenters. The molecule has 27 heavy (non-hydrogen) atoms. The van der Waals surface area contributed by atoms with Crippen molar-refractivity contribution >= 4 is 22.8 Å². The summed E-state index contributed by atoms with van der Waals surface area (Å²) in [5.41, 5.74) is 3.85. The van der Waals surface area contributed by atoms with Gasteiger partial charge in [-0.1, -0.05) is 36.4 Å². The van der Waals surface area contributed by atoms with Crippen LogP contribution in [0, 0.1) is 0 Å². The average molecular weight is 362 g/mol. The van der Waals surface area contributed by atoms with Crippen molar-refractivity contribution in [1.82, 2.24) is 14.9 Å². The number of anilines is 1. The van der Waals surface area contributed by atoms with Gasteiger partial charge in [0.25, 0.3) is 0 Å². The third-order valence-corrected chi connectivity index (χ3v) is 4.89. The molecule has 3 aromatic rings. The lowest BCUT2D eigenvalue weighted by Gasteiger charge is -2.35. The Hall–Kier alpha value is -2.99. The first kappa shape index (κ1) is 17.4. The highest BCUT2D eigenvalue weighted by Gasteiger charge is 2.19. The number of carbonyl (C=O) groups is 1. The molecule has 0 aliphatic carbocycles. The molecule has 4 rings (SSSR count). The maximum absolute atomic E-state index is 10.9. The van der Waals surface area contributed by atoms with Crippen molar-refractivity contribution in [2.24, 2.45) is 0 Å². The number of nitrogens with zero attached hydrogens (tertiary/aromatic N) is 4. The molecule has 0 radical (unpaired) electrons. The number of rotatable bonds is 5. The summed E-state index contributed by atoms with van der Waals surface area (Å²) in [4.78, 5) is 24.8. The van der Waals surface area contributed by atoms with E-state index in [4.69, 9.17) is 10.1 Å². The van der Waals surface area contributed by atoms with Crippen LogP contribution in [0.4, 0.5) is 5.82 Å². The van der Waals surface area contributed by atoms with Crippen molar-refractivity contribution in [2.75, 3.05) is 31.1 Å². The van der Waals surface area contributed by atoms with Gasteiger partial charge in [-0.3, -0.25) is 14.7 Å². The Kier molecular flexibility index (Phi) is 4.98. The molecule has 1 aliphatic rings. The van der Waals surface area contributed by atoms with E-state index in [0.29, 0.717) is 0 Å². The summed E-state index contributed by atoms with van der Waals surface area (Å²) in [6.07, 6.45) is 1.93. The van der Waals surface area contributed by atoms with E-state index in [-0.39, 0.29) is 6.42 Å². The zero-order chi connectivity index (χ0) is 18.6. The van der Waals surface area contributed by atoms with Gasteiger partial charge in [0.2, 0.25) is 0 Å². The molecule has 138 valence electrons. The lowest BCUT2D eigenvalue weighted by molar-refractivity contribution is -0.136. The topological polar surface area (TPSA) is 69.6 Å². The molecule has 1 aliphatic heterocycles. The Morgan fingerprint density at radius 1 is 0.963 bits per heavy atom. The summed E-state index contributed by atoms with van der Waals surface area (Å²) in [6.45, 7) is 4.53. The fraction of sp³-hybridized carbons (Fsp3) is 0.286. The van der Waals surface area contributed by atoms with Crippen LogP contribution in [-0.4, -0.2) is 52.1 Å². The molecule has 1 N–H and O–H groups in total. The van der Waals surface area contributed by atoms with Gasteiger partial charge in [-0.15, -0.1) is 0 Å². The summed E-state index contributed by atoms with van der Waals surface area (Å²) in [7, 11) is 0. The van der Waals surface area contributed by atoms with Crippen LogP contribution in [-0.2, 0) is 17.8 Å². The maximum atomic E-state index is 10.9. The first-order chi connectivity index (χ1) is 13.2. The van der Waals surface area contributed by atoms with Crippen molar-refractivity contribution < 1.29 is 9.90 Å². The lowest BCUT2D eigenvalue weighted by Crippen LogP contribution is -2.46. The number of aromatic nitrogens is 2. The highest BCUT2D eigenvalue weighted by molar-refractivity contribution is 5.75. The predicted molar refractivity (Wildman–Crippen MR) is 105 cm³/mol. The number of fused-ring (bicyclic) bond motifs is 1. The second kappa shape index (κ2) is 7.72. The quantitative estimate of drug-likeness (QED) is 0.752. The highest BCUT2D eigenvalue weighted by atomic mass is 16.4. The largest absolute Gasteiger partial charge is 0.481 e. The van der Waals surface area contributed by atoms with Gasteiger partial charge in [0.05, 0.1) is 23.7 Å². The van der Waals surface area contributed by atoms with Crippen LogP contribution >= 0.6 is 0 Å². The van der Waals surface area contributed by atoms with Gasteiger partial charge in [-0.25, -0.2) is 4.98 Å². The number of carboxylic acids is 1. The van der Waals surface area contributed by atoms with Crippen LogP contribution in [0.1, 0.15) is 11.1 Å². The van der Waals surface area contributed by atoms with Gasteiger partial charge < -0.3 is 10.0 Å². The SMILES string of the molecule is O=C(O)Cc1cccc(CN2CCN(c3cnc4ccccc4n3)CC2)c1. The number of piperazine rings is 1. The van der Waals surface area contributed by atoms with E-state index in [0.717, 1.165) is 60.7 Å². The van der Waals surface area contributed by atoms with Crippen LogP contribution < -0.4 is 4.90 Å². The predicted octanol–water partition coefficient (Wildman–Crippen LogP) is 2.58. The summed E-state index contributed by atoms with van der Waals surface area (Å²) in [5.74, 6) is 0.133. The van der Waals surface area contributed by atoms with E-state index in [9.17, 15) is 4.79 Å². The van der Waals surface area contributed by atoms with E-state index in [1.165, 1.54) is 0 Å². The lowest BCUT2D eigenvalue weighted by atomic mass is 10.1. The number of hydrogen-bond donors (Lipinski definition) is 1. The molecule has 2 aromatic carbocycles. The molecule has 0 saturated carbocycles. The number of hydrogen-bond acceptors (Lipinski definition) is 5. The minimum Gasteiger partial charge on any atom is -0.481 e. The van der Waals surface area contributed by atoms with Crippen molar-refractivity contribution in [3.63, 3.8) is 0 Å². The molecular weight excluding hydrogens is 340 g/mol. The standard InChI is InChI=1S/C21H22N4O2/c26-21(27)13-16-4-3-5-17(12-16)15-24-8-10-25(11-9-24)20-14-22-18-6-1-2-7-19(18)23-20/h1-7,12,14H,8-11,13,15H2,(H,26,27). The molecule has 0 unspecified atom stereocenters. The Morgan fingerprint density at radius 3 is 2.48 bits per heavy atom.